The molecule has 0 bridgehead atoms. The van der Waals surface area contributed by atoms with Crippen LogP contribution in [0.15, 0.2) is 23.6 Å². The van der Waals surface area contributed by atoms with E-state index in [-0.39, 0.29) is 17.0 Å². The van der Waals surface area contributed by atoms with Crippen LogP contribution in [0.25, 0.3) is 21.2 Å². The van der Waals surface area contributed by atoms with Gasteiger partial charge in [0.2, 0.25) is 0 Å². The van der Waals surface area contributed by atoms with Crippen LogP contribution in [0.2, 0.25) is 5.15 Å². The predicted molar refractivity (Wildman–Crippen MR) is 107 cm³/mol. The molecule has 10 heteroatoms. The summed E-state index contributed by atoms with van der Waals surface area (Å²) in [7, 11) is -3.00. The third kappa shape index (κ3) is 3.81. The summed E-state index contributed by atoms with van der Waals surface area (Å²) in [4.78, 5) is 11.6. The zero-order chi connectivity index (χ0) is 19.8. The zero-order valence-electron chi connectivity index (χ0n) is 15.3. The monoisotopic (exact) mass is 408 g/mol. The first-order valence-corrected chi connectivity index (χ1v) is 10.8. The van der Waals surface area contributed by atoms with Crippen LogP contribution in [0.5, 0.6) is 0 Å². The Bertz CT molecular complexity index is 1030. The normalized spacial score (nSPS) is 20.0. The van der Waals surface area contributed by atoms with E-state index in [1.165, 1.54) is 0 Å². The van der Waals surface area contributed by atoms with Gasteiger partial charge in [0.25, 0.3) is 0 Å². The molecular formula is C17H21ClN6O2S. The maximum absolute atomic E-state index is 11.9. The Labute approximate surface area is 162 Å². The SMILES string of the molecule is CCS(=O)(=O)C1CC(Nc2ncc(C(C)(C)N=[N+]=[N-])c3cc(Cl)ncc23)C1. The molecule has 0 atom stereocenters. The second-order valence-corrected chi connectivity index (χ2v) is 10.2. The van der Waals surface area contributed by atoms with Crippen LogP contribution in [0.4, 0.5) is 5.82 Å². The number of nitrogens with one attached hydrogen (secondary N) is 1. The molecule has 1 N–H and O–H groups in total. The van der Waals surface area contributed by atoms with E-state index in [1.807, 2.05) is 0 Å². The number of sulfone groups is 1. The van der Waals surface area contributed by atoms with Gasteiger partial charge in [-0.15, -0.1) is 0 Å². The molecule has 1 fully saturated rings. The lowest BCUT2D eigenvalue weighted by Gasteiger charge is -2.35. The predicted octanol–water partition coefficient (Wildman–Crippen LogP) is 4.21. The Kier molecular flexibility index (Phi) is 5.20. The van der Waals surface area contributed by atoms with Crippen molar-refractivity contribution in [3.8, 4) is 0 Å². The number of fused-ring (bicyclic) bond motifs is 1. The number of hydrogen-bond acceptors (Lipinski definition) is 6. The maximum atomic E-state index is 11.9. The van der Waals surface area contributed by atoms with Gasteiger partial charge < -0.3 is 5.32 Å². The van der Waals surface area contributed by atoms with Crippen LogP contribution in [0.3, 0.4) is 0 Å². The standard InChI is InChI=1S/C17H21ClN6O2S/c1-4-27(25,26)11-5-10(6-11)22-16-13-8-20-15(18)7-12(13)14(9-21-16)17(2,3)23-24-19/h7-11H,4-6H2,1-3H3,(H,21,22). The van der Waals surface area contributed by atoms with Crippen molar-refractivity contribution in [1.29, 1.82) is 0 Å². The second-order valence-electron chi connectivity index (χ2n) is 7.21. The van der Waals surface area contributed by atoms with Crippen molar-refractivity contribution in [2.45, 2.75) is 50.4 Å². The molecule has 8 nitrogen and oxygen atoms in total. The molecule has 144 valence electrons. The molecule has 27 heavy (non-hydrogen) atoms. The first-order chi connectivity index (χ1) is 12.7. The third-order valence-corrected chi connectivity index (χ3v) is 7.45. The van der Waals surface area contributed by atoms with E-state index < -0.39 is 15.4 Å². The van der Waals surface area contributed by atoms with E-state index in [0.717, 1.165) is 16.3 Å². The fourth-order valence-electron chi connectivity index (χ4n) is 3.28. The van der Waals surface area contributed by atoms with E-state index in [2.05, 4.69) is 25.3 Å². The largest absolute Gasteiger partial charge is 0.367 e. The van der Waals surface area contributed by atoms with Crippen molar-refractivity contribution in [3.63, 3.8) is 0 Å². The molecule has 0 saturated heterocycles. The van der Waals surface area contributed by atoms with Gasteiger partial charge in [-0.25, -0.2) is 18.4 Å². The molecule has 1 saturated carbocycles. The molecule has 0 aromatic carbocycles. The lowest BCUT2D eigenvalue weighted by Crippen LogP contribution is -2.44. The van der Waals surface area contributed by atoms with Crippen molar-refractivity contribution >= 4 is 38.0 Å². The van der Waals surface area contributed by atoms with Crippen molar-refractivity contribution in [1.82, 2.24) is 9.97 Å². The lowest BCUT2D eigenvalue weighted by atomic mass is 9.91. The average molecular weight is 409 g/mol. The molecular weight excluding hydrogens is 388 g/mol. The summed E-state index contributed by atoms with van der Waals surface area (Å²) >= 11 is 6.08. The number of nitrogens with zero attached hydrogens (tertiary/aromatic N) is 5. The van der Waals surface area contributed by atoms with Crippen LogP contribution in [-0.2, 0) is 15.4 Å². The molecule has 2 aromatic heterocycles. The van der Waals surface area contributed by atoms with Gasteiger partial charge >= 0.3 is 0 Å². The summed E-state index contributed by atoms with van der Waals surface area (Å²) in [5.41, 5.74) is 8.79. The van der Waals surface area contributed by atoms with Crippen LogP contribution in [0, 0.1) is 0 Å². The van der Waals surface area contributed by atoms with E-state index in [0.29, 0.717) is 23.8 Å². The fraction of sp³-hybridized carbons (Fsp3) is 0.529. The molecule has 3 rings (SSSR count). The van der Waals surface area contributed by atoms with E-state index in [9.17, 15) is 8.42 Å². The fourth-order valence-corrected chi connectivity index (χ4v) is 4.96. The number of aromatic nitrogens is 2. The van der Waals surface area contributed by atoms with Gasteiger partial charge in [0.1, 0.15) is 11.0 Å². The molecule has 0 radical (unpaired) electrons. The van der Waals surface area contributed by atoms with Gasteiger partial charge in [-0.05, 0) is 35.4 Å². The summed E-state index contributed by atoms with van der Waals surface area (Å²) in [6, 6.07) is 1.76. The Morgan fingerprint density at radius 1 is 1.33 bits per heavy atom. The number of azide groups is 1. The minimum absolute atomic E-state index is 0.0405. The van der Waals surface area contributed by atoms with Crippen molar-refractivity contribution < 1.29 is 8.42 Å². The quantitative estimate of drug-likeness (QED) is 0.332. The summed E-state index contributed by atoms with van der Waals surface area (Å²) in [5, 5.41) is 8.76. The van der Waals surface area contributed by atoms with Crippen LogP contribution >= 0.6 is 11.6 Å². The Morgan fingerprint density at radius 2 is 2.04 bits per heavy atom. The Morgan fingerprint density at radius 3 is 2.67 bits per heavy atom. The average Bonchev–Trinajstić information content (AvgIpc) is 2.56. The molecule has 0 spiro atoms. The zero-order valence-corrected chi connectivity index (χ0v) is 16.9. The molecule has 0 unspecified atom stereocenters. The third-order valence-electron chi connectivity index (χ3n) is 5.04. The van der Waals surface area contributed by atoms with Gasteiger partial charge in [0.15, 0.2) is 9.84 Å². The highest BCUT2D eigenvalue weighted by Gasteiger charge is 2.38. The Balaban J connectivity index is 1.94. The van der Waals surface area contributed by atoms with Crippen molar-refractivity contribution in [2.75, 3.05) is 11.1 Å². The number of rotatable bonds is 6. The minimum atomic E-state index is -3.00. The summed E-state index contributed by atoms with van der Waals surface area (Å²) in [5.74, 6) is 0.781. The van der Waals surface area contributed by atoms with Crippen LogP contribution < -0.4 is 5.32 Å². The summed E-state index contributed by atoms with van der Waals surface area (Å²) in [6.07, 6.45) is 4.41. The maximum Gasteiger partial charge on any atom is 0.153 e. The smallest absolute Gasteiger partial charge is 0.153 e. The summed E-state index contributed by atoms with van der Waals surface area (Å²) < 4.78 is 23.9. The van der Waals surface area contributed by atoms with Gasteiger partial charge in [0, 0.05) is 34.5 Å². The highest BCUT2D eigenvalue weighted by Crippen LogP contribution is 2.36. The molecule has 0 amide bonds. The Hall–Kier alpha value is -2.09. The molecule has 1 aliphatic rings. The first kappa shape index (κ1) is 19.7. The van der Waals surface area contributed by atoms with Gasteiger partial charge in [-0.2, -0.15) is 0 Å². The number of hydrogen-bond donors (Lipinski definition) is 1. The first-order valence-electron chi connectivity index (χ1n) is 8.67. The number of pyridine rings is 2. The number of halogens is 1. The van der Waals surface area contributed by atoms with Crippen LogP contribution in [-0.4, -0.2) is 35.4 Å². The molecule has 1 aliphatic carbocycles. The van der Waals surface area contributed by atoms with Crippen molar-refractivity contribution in [2.24, 2.45) is 5.11 Å². The van der Waals surface area contributed by atoms with Gasteiger partial charge in [-0.1, -0.05) is 37.5 Å². The molecule has 2 heterocycles. The van der Waals surface area contributed by atoms with Gasteiger partial charge in [-0.3, -0.25) is 0 Å². The highest BCUT2D eigenvalue weighted by molar-refractivity contribution is 7.92. The van der Waals surface area contributed by atoms with Gasteiger partial charge in [0.05, 0.1) is 10.8 Å². The van der Waals surface area contributed by atoms with Crippen LogP contribution in [0.1, 0.15) is 39.2 Å². The topological polar surface area (TPSA) is 121 Å². The summed E-state index contributed by atoms with van der Waals surface area (Å²) in [6.45, 7) is 5.28. The minimum Gasteiger partial charge on any atom is -0.367 e. The van der Waals surface area contributed by atoms with E-state index in [1.54, 1.807) is 39.2 Å². The number of anilines is 1. The highest BCUT2D eigenvalue weighted by atomic mass is 35.5. The van der Waals surface area contributed by atoms with Crippen molar-refractivity contribution in [3.05, 3.63) is 39.6 Å². The molecule has 2 aromatic rings. The lowest BCUT2D eigenvalue weighted by molar-refractivity contribution is 0.432. The van der Waals surface area contributed by atoms with E-state index >= 15 is 0 Å². The molecule has 0 aliphatic heterocycles. The second kappa shape index (κ2) is 7.14. The van der Waals surface area contributed by atoms with E-state index in [4.69, 9.17) is 17.1 Å².